The summed E-state index contributed by atoms with van der Waals surface area (Å²) >= 11 is 0. The molecule has 0 radical (unpaired) electrons. The Morgan fingerprint density at radius 3 is 2.48 bits per heavy atom. The van der Waals surface area contributed by atoms with E-state index in [0.717, 1.165) is 11.8 Å². The van der Waals surface area contributed by atoms with Crippen LogP contribution in [0.1, 0.15) is 29.1 Å². The van der Waals surface area contributed by atoms with Crippen LogP contribution in [0.15, 0.2) is 40.9 Å². The number of halogens is 3. The molecule has 0 amide bonds. The first-order chi connectivity index (χ1) is 10.6. The molecule has 0 saturated heterocycles. The second-order valence-electron chi connectivity index (χ2n) is 5.21. The van der Waals surface area contributed by atoms with E-state index in [1.165, 1.54) is 18.4 Å². The monoisotopic (exact) mass is 343 g/mol. The molecular weight excluding hydrogens is 327 g/mol. The number of hydrogen-bond acceptors (Lipinski definition) is 4. The Morgan fingerprint density at radius 2 is 1.91 bits per heavy atom. The fraction of sp³-hybridized carbons (Fsp3) is 0.333. The molecule has 8 heteroatoms. The van der Waals surface area contributed by atoms with Gasteiger partial charge in [0.25, 0.3) is 0 Å². The van der Waals surface area contributed by atoms with Gasteiger partial charge in [0.05, 0.1) is 15.0 Å². The van der Waals surface area contributed by atoms with Crippen molar-refractivity contribution in [2.24, 2.45) is 4.36 Å². The Kier molecular flexibility index (Phi) is 4.74. The van der Waals surface area contributed by atoms with Gasteiger partial charge in [0.1, 0.15) is 5.69 Å². The summed E-state index contributed by atoms with van der Waals surface area (Å²) in [4.78, 5) is 7.57. The van der Waals surface area contributed by atoms with Crippen LogP contribution in [-0.4, -0.2) is 20.4 Å². The minimum Gasteiger partial charge on any atom is -0.261 e. The quantitative estimate of drug-likeness (QED) is 0.835. The van der Waals surface area contributed by atoms with Crippen LogP contribution in [0, 0.1) is 6.92 Å². The fourth-order valence-electron chi connectivity index (χ4n) is 1.87. The first-order valence-corrected chi connectivity index (χ1v) is 8.76. The molecule has 4 nitrogen and oxygen atoms in total. The Morgan fingerprint density at radius 1 is 1.22 bits per heavy atom. The van der Waals surface area contributed by atoms with Crippen molar-refractivity contribution in [2.75, 3.05) is 6.26 Å². The zero-order valence-electron chi connectivity index (χ0n) is 12.8. The van der Waals surface area contributed by atoms with Crippen molar-refractivity contribution in [3.8, 4) is 0 Å². The molecule has 0 N–H and O–H groups in total. The number of rotatable bonds is 3. The number of pyridine rings is 2. The van der Waals surface area contributed by atoms with Crippen molar-refractivity contribution in [3.05, 3.63) is 53.5 Å². The second kappa shape index (κ2) is 6.27. The van der Waals surface area contributed by atoms with Crippen molar-refractivity contribution in [1.82, 2.24) is 9.97 Å². The lowest BCUT2D eigenvalue weighted by Crippen LogP contribution is -2.09. The van der Waals surface area contributed by atoms with Gasteiger partial charge in [0, 0.05) is 18.1 Å². The molecule has 0 aliphatic rings. The smallest absolute Gasteiger partial charge is 0.261 e. The van der Waals surface area contributed by atoms with Crippen LogP contribution in [0.2, 0.25) is 0 Å². The van der Waals surface area contributed by atoms with E-state index < -0.39 is 26.8 Å². The van der Waals surface area contributed by atoms with Gasteiger partial charge in [-0.05, 0) is 37.6 Å². The predicted molar refractivity (Wildman–Crippen MR) is 82.8 cm³/mol. The van der Waals surface area contributed by atoms with Gasteiger partial charge < -0.3 is 0 Å². The zero-order valence-corrected chi connectivity index (χ0v) is 13.6. The summed E-state index contributed by atoms with van der Waals surface area (Å²) in [5.74, 6) is -0.195. The summed E-state index contributed by atoms with van der Waals surface area (Å²) in [6.07, 6.45) is -1.57. The van der Waals surface area contributed by atoms with Gasteiger partial charge in [-0.3, -0.25) is 4.98 Å². The third kappa shape index (κ3) is 4.28. The van der Waals surface area contributed by atoms with E-state index >= 15 is 0 Å². The molecular formula is C15H16F3N3OS. The molecule has 2 aromatic rings. The highest BCUT2D eigenvalue weighted by Gasteiger charge is 2.32. The van der Waals surface area contributed by atoms with Crippen molar-refractivity contribution in [3.63, 3.8) is 0 Å². The summed E-state index contributed by atoms with van der Waals surface area (Å²) in [6, 6.07) is 6.92. The number of aromatic nitrogens is 2. The molecule has 0 spiro atoms. The first kappa shape index (κ1) is 17.4. The van der Waals surface area contributed by atoms with Gasteiger partial charge in [-0.15, -0.1) is 0 Å². The first-order valence-electron chi connectivity index (χ1n) is 6.77. The van der Waals surface area contributed by atoms with Crippen molar-refractivity contribution in [2.45, 2.75) is 25.3 Å². The summed E-state index contributed by atoms with van der Waals surface area (Å²) in [6.45, 7) is 3.53. The highest BCUT2D eigenvalue weighted by atomic mass is 32.2. The van der Waals surface area contributed by atoms with E-state index in [9.17, 15) is 17.4 Å². The maximum Gasteiger partial charge on any atom is 0.433 e. The van der Waals surface area contributed by atoms with Gasteiger partial charge in [0.2, 0.25) is 0 Å². The Balaban J connectivity index is 2.40. The maximum atomic E-state index is 12.8. The van der Waals surface area contributed by atoms with Gasteiger partial charge in [-0.1, -0.05) is 12.1 Å². The van der Waals surface area contributed by atoms with Crippen LogP contribution in [0.25, 0.3) is 0 Å². The average Bonchev–Trinajstić information content (AvgIpc) is 2.46. The Bertz CT molecular complexity index is 809. The highest BCUT2D eigenvalue weighted by Crippen LogP contribution is 2.30. The van der Waals surface area contributed by atoms with Crippen LogP contribution >= 0.6 is 0 Å². The molecule has 2 aromatic heterocycles. The molecule has 0 saturated carbocycles. The summed E-state index contributed by atoms with van der Waals surface area (Å²) in [5.41, 5.74) is 0.470. The highest BCUT2D eigenvalue weighted by molar-refractivity contribution is 7.93. The van der Waals surface area contributed by atoms with E-state index in [4.69, 9.17) is 0 Å². The molecule has 0 aliphatic heterocycles. The summed E-state index contributed by atoms with van der Waals surface area (Å²) < 4.78 is 54.8. The molecule has 0 fully saturated rings. The molecule has 2 heterocycles. The normalized spacial score (nSPS) is 15.7. The van der Waals surface area contributed by atoms with E-state index in [1.54, 1.807) is 25.3 Å². The predicted octanol–water partition coefficient (Wildman–Crippen LogP) is 4.29. The zero-order chi connectivity index (χ0) is 17.3. The van der Waals surface area contributed by atoms with Gasteiger partial charge in [-0.2, -0.15) is 17.5 Å². The molecule has 23 heavy (non-hydrogen) atoms. The summed E-state index contributed by atoms with van der Waals surface area (Å²) in [5, 5.41) is -0.494. The van der Waals surface area contributed by atoms with Crippen LogP contribution in [-0.2, 0) is 15.9 Å². The molecule has 2 unspecified atom stereocenters. The SMILES string of the molecule is Cc1ccc(C(C)S(C)(=O)=Nc2cccc(C(F)(F)F)n2)cn1. The minimum atomic E-state index is -4.56. The second-order valence-corrected chi connectivity index (χ2v) is 7.82. The number of alkyl halides is 3. The molecule has 2 atom stereocenters. The third-order valence-electron chi connectivity index (χ3n) is 3.36. The van der Waals surface area contributed by atoms with Crippen LogP contribution in [0.3, 0.4) is 0 Å². The van der Waals surface area contributed by atoms with E-state index in [0.29, 0.717) is 5.56 Å². The number of nitrogens with zero attached hydrogens (tertiary/aromatic N) is 3. The lowest BCUT2D eigenvalue weighted by Gasteiger charge is -2.14. The van der Waals surface area contributed by atoms with Crippen LogP contribution in [0.5, 0.6) is 0 Å². The minimum absolute atomic E-state index is 0.195. The Hall–Kier alpha value is -1.96. The lowest BCUT2D eigenvalue weighted by molar-refractivity contribution is -0.141. The molecule has 124 valence electrons. The topological polar surface area (TPSA) is 55.2 Å². The largest absolute Gasteiger partial charge is 0.433 e. The molecule has 0 aliphatic carbocycles. The maximum absolute atomic E-state index is 12.8. The van der Waals surface area contributed by atoms with Crippen LogP contribution in [0.4, 0.5) is 19.0 Å². The fourth-order valence-corrected chi connectivity index (χ4v) is 3.14. The average molecular weight is 343 g/mol. The molecule has 0 bridgehead atoms. The van der Waals surface area contributed by atoms with E-state index in [-0.39, 0.29) is 5.82 Å². The number of hydrogen-bond donors (Lipinski definition) is 0. The van der Waals surface area contributed by atoms with Crippen molar-refractivity contribution < 1.29 is 17.4 Å². The number of aryl methyl sites for hydroxylation is 1. The molecule has 0 aromatic carbocycles. The van der Waals surface area contributed by atoms with E-state index in [2.05, 4.69) is 14.3 Å². The molecule has 2 rings (SSSR count). The standard InChI is InChI=1S/C15H16F3N3OS/c1-10-7-8-12(9-19-10)11(2)23(3,22)21-14-6-4-5-13(20-14)15(16,17)18/h4-9,11H,1-3H3. The van der Waals surface area contributed by atoms with Crippen molar-refractivity contribution >= 4 is 15.5 Å². The lowest BCUT2D eigenvalue weighted by atomic mass is 10.2. The summed E-state index contributed by atoms with van der Waals surface area (Å²) in [7, 11) is -2.84. The third-order valence-corrected chi connectivity index (χ3v) is 5.49. The van der Waals surface area contributed by atoms with Gasteiger partial charge in [0.15, 0.2) is 5.82 Å². The Labute approximate surface area is 133 Å². The van der Waals surface area contributed by atoms with E-state index in [1.807, 2.05) is 6.92 Å². The van der Waals surface area contributed by atoms with Gasteiger partial charge in [-0.25, -0.2) is 9.19 Å². The van der Waals surface area contributed by atoms with Gasteiger partial charge >= 0.3 is 6.18 Å². The van der Waals surface area contributed by atoms with Crippen LogP contribution < -0.4 is 0 Å². The van der Waals surface area contributed by atoms with Crippen molar-refractivity contribution in [1.29, 1.82) is 0 Å².